The summed E-state index contributed by atoms with van der Waals surface area (Å²) in [7, 11) is -0.783. The predicted octanol–water partition coefficient (Wildman–Crippen LogP) is 2.40. The number of benzene rings is 2. The van der Waals surface area contributed by atoms with Crippen LogP contribution in [0.15, 0.2) is 41.3 Å². The van der Waals surface area contributed by atoms with E-state index in [1.807, 2.05) is 0 Å². The summed E-state index contributed by atoms with van der Waals surface area (Å²) >= 11 is 6.16. The second-order valence-corrected chi connectivity index (χ2v) is 8.83. The fourth-order valence-electron chi connectivity index (χ4n) is 2.98. The van der Waals surface area contributed by atoms with Crippen LogP contribution in [0, 0.1) is 0 Å². The standard InChI is InChI=1S/C20H23ClN2O7S/c1-27-17-4-3-5-18(28-2)20(17)30-13-19(24)22-16-12-14(6-7-15(16)21)31(25,26)23-8-10-29-11-9-23/h3-7,12H,8-11,13H2,1-2H3,(H,22,24). The zero-order valence-electron chi connectivity index (χ0n) is 17.1. The highest BCUT2D eigenvalue weighted by Gasteiger charge is 2.27. The molecule has 2 aromatic rings. The van der Waals surface area contributed by atoms with Crippen LogP contribution in [0.1, 0.15) is 0 Å². The summed E-state index contributed by atoms with van der Waals surface area (Å²) in [6, 6.07) is 9.23. The van der Waals surface area contributed by atoms with Crippen LogP contribution in [0.3, 0.4) is 0 Å². The molecule has 9 nitrogen and oxygen atoms in total. The number of anilines is 1. The third kappa shape index (κ3) is 5.40. The Kier molecular flexibility index (Phi) is 7.60. The van der Waals surface area contributed by atoms with E-state index < -0.39 is 15.9 Å². The molecule has 31 heavy (non-hydrogen) atoms. The highest BCUT2D eigenvalue weighted by molar-refractivity contribution is 7.89. The van der Waals surface area contributed by atoms with Gasteiger partial charge in [-0.05, 0) is 30.3 Å². The van der Waals surface area contributed by atoms with Gasteiger partial charge in [-0.2, -0.15) is 4.31 Å². The van der Waals surface area contributed by atoms with Crippen molar-refractivity contribution in [3.05, 3.63) is 41.4 Å². The number of morpholine rings is 1. The number of methoxy groups -OCH3 is 2. The first-order chi connectivity index (χ1) is 14.9. The van der Waals surface area contributed by atoms with Crippen molar-refractivity contribution in [1.82, 2.24) is 4.31 Å². The molecule has 1 amide bonds. The van der Waals surface area contributed by atoms with E-state index in [4.69, 9.17) is 30.5 Å². The van der Waals surface area contributed by atoms with E-state index in [1.165, 1.54) is 36.7 Å². The zero-order chi connectivity index (χ0) is 22.4. The first kappa shape index (κ1) is 23.1. The smallest absolute Gasteiger partial charge is 0.262 e. The number of ether oxygens (including phenoxy) is 4. The minimum atomic E-state index is -3.73. The average Bonchev–Trinajstić information content (AvgIpc) is 2.79. The van der Waals surface area contributed by atoms with E-state index in [-0.39, 0.29) is 41.1 Å². The Balaban J connectivity index is 1.73. The molecule has 1 aliphatic heterocycles. The lowest BCUT2D eigenvalue weighted by molar-refractivity contribution is -0.118. The van der Waals surface area contributed by atoms with Gasteiger partial charge in [0, 0.05) is 13.1 Å². The lowest BCUT2D eigenvalue weighted by Gasteiger charge is -2.26. The fraction of sp³-hybridized carbons (Fsp3) is 0.350. The number of hydrogen-bond acceptors (Lipinski definition) is 7. The molecule has 0 unspecified atom stereocenters. The molecule has 11 heteroatoms. The number of nitrogens with one attached hydrogen (secondary N) is 1. The van der Waals surface area contributed by atoms with E-state index in [1.54, 1.807) is 18.2 Å². The van der Waals surface area contributed by atoms with Crippen molar-refractivity contribution in [2.45, 2.75) is 4.90 Å². The van der Waals surface area contributed by atoms with Gasteiger partial charge in [-0.3, -0.25) is 4.79 Å². The lowest BCUT2D eigenvalue weighted by Crippen LogP contribution is -2.40. The number of halogens is 1. The maximum absolute atomic E-state index is 12.9. The molecule has 168 valence electrons. The number of carbonyl (C=O) groups is 1. The number of amides is 1. The molecule has 0 bridgehead atoms. The first-order valence-electron chi connectivity index (χ1n) is 9.38. The quantitative estimate of drug-likeness (QED) is 0.631. The Hall–Kier alpha value is -2.53. The number of carbonyl (C=O) groups excluding carboxylic acids is 1. The molecule has 0 saturated carbocycles. The van der Waals surface area contributed by atoms with Gasteiger partial charge in [-0.25, -0.2) is 8.42 Å². The third-order valence-electron chi connectivity index (χ3n) is 4.55. The molecule has 1 saturated heterocycles. The number of rotatable bonds is 8. The van der Waals surface area contributed by atoms with Crippen molar-refractivity contribution in [1.29, 1.82) is 0 Å². The van der Waals surface area contributed by atoms with Crippen LogP contribution in [-0.4, -0.2) is 65.8 Å². The average molecular weight is 471 g/mol. The van der Waals surface area contributed by atoms with Gasteiger partial charge in [0.25, 0.3) is 5.91 Å². The molecule has 0 aromatic heterocycles. The maximum atomic E-state index is 12.9. The molecule has 2 aromatic carbocycles. The molecule has 0 spiro atoms. The van der Waals surface area contributed by atoms with Crippen molar-refractivity contribution in [3.8, 4) is 17.2 Å². The van der Waals surface area contributed by atoms with Gasteiger partial charge in [0.05, 0.1) is 43.0 Å². The van der Waals surface area contributed by atoms with Crippen LogP contribution < -0.4 is 19.5 Å². The Morgan fingerprint density at radius 3 is 2.39 bits per heavy atom. The van der Waals surface area contributed by atoms with Crippen LogP contribution in [0.25, 0.3) is 0 Å². The van der Waals surface area contributed by atoms with Gasteiger partial charge in [0.2, 0.25) is 15.8 Å². The van der Waals surface area contributed by atoms with Crippen LogP contribution in [0.5, 0.6) is 17.2 Å². The van der Waals surface area contributed by atoms with Gasteiger partial charge in [-0.15, -0.1) is 0 Å². The van der Waals surface area contributed by atoms with Gasteiger partial charge in [-0.1, -0.05) is 17.7 Å². The largest absolute Gasteiger partial charge is 0.493 e. The van der Waals surface area contributed by atoms with Gasteiger partial charge >= 0.3 is 0 Å². The normalized spacial score (nSPS) is 14.7. The Morgan fingerprint density at radius 1 is 1.13 bits per heavy atom. The summed E-state index contributed by atoms with van der Waals surface area (Å²) in [6.45, 7) is 0.830. The van der Waals surface area contributed by atoms with Crippen LogP contribution in [-0.2, 0) is 19.6 Å². The van der Waals surface area contributed by atoms with Gasteiger partial charge in [0.1, 0.15) is 0 Å². The van der Waals surface area contributed by atoms with Gasteiger partial charge in [0.15, 0.2) is 18.1 Å². The van der Waals surface area contributed by atoms with Crippen LogP contribution in [0.2, 0.25) is 5.02 Å². The second-order valence-electron chi connectivity index (χ2n) is 6.49. The Morgan fingerprint density at radius 2 is 1.77 bits per heavy atom. The molecule has 1 fully saturated rings. The minimum Gasteiger partial charge on any atom is -0.493 e. The summed E-state index contributed by atoms with van der Waals surface area (Å²) in [4.78, 5) is 12.5. The molecule has 3 rings (SSSR count). The van der Waals surface area contributed by atoms with E-state index in [9.17, 15) is 13.2 Å². The number of nitrogens with zero attached hydrogens (tertiary/aromatic N) is 1. The van der Waals surface area contributed by atoms with E-state index in [2.05, 4.69) is 5.32 Å². The summed E-state index contributed by atoms with van der Waals surface area (Å²) < 4.78 is 48.3. The molecular weight excluding hydrogens is 448 g/mol. The summed E-state index contributed by atoms with van der Waals surface area (Å²) in [5.41, 5.74) is 0.164. The molecular formula is C20H23ClN2O7S. The summed E-state index contributed by atoms with van der Waals surface area (Å²) in [6.07, 6.45) is 0. The molecule has 1 N–H and O–H groups in total. The number of sulfonamides is 1. The van der Waals surface area contributed by atoms with Crippen molar-refractivity contribution >= 4 is 33.2 Å². The highest BCUT2D eigenvalue weighted by atomic mass is 35.5. The minimum absolute atomic E-state index is 0.0291. The van der Waals surface area contributed by atoms with E-state index >= 15 is 0 Å². The maximum Gasteiger partial charge on any atom is 0.262 e. The van der Waals surface area contributed by atoms with Crippen molar-refractivity contribution < 1.29 is 32.2 Å². The van der Waals surface area contributed by atoms with Crippen molar-refractivity contribution in [2.24, 2.45) is 0 Å². The SMILES string of the molecule is COc1cccc(OC)c1OCC(=O)Nc1cc(S(=O)(=O)N2CCOCC2)ccc1Cl. The highest BCUT2D eigenvalue weighted by Crippen LogP contribution is 2.36. The van der Waals surface area contributed by atoms with E-state index in [0.717, 1.165) is 0 Å². The van der Waals surface area contributed by atoms with Crippen LogP contribution >= 0.6 is 11.6 Å². The molecule has 0 aliphatic carbocycles. The Bertz CT molecular complexity index is 1020. The summed E-state index contributed by atoms with van der Waals surface area (Å²) in [5, 5.41) is 2.78. The molecule has 1 heterocycles. The molecule has 1 aliphatic rings. The zero-order valence-corrected chi connectivity index (χ0v) is 18.7. The fourth-order valence-corrected chi connectivity index (χ4v) is 4.58. The summed E-state index contributed by atoms with van der Waals surface area (Å²) in [5.74, 6) is 0.556. The number of para-hydroxylation sites is 1. The van der Waals surface area contributed by atoms with Gasteiger partial charge < -0.3 is 24.3 Å². The predicted molar refractivity (Wildman–Crippen MR) is 115 cm³/mol. The lowest BCUT2D eigenvalue weighted by atomic mass is 10.3. The topological polar surface area (TPSA) is 103 Å². The molecule has 0 atom stereocenters. The number of hydrogen-bond donors (Lipinski definition) is 1. The van der Waals surface area contributed by atoms with Crippen molar-refractivity contribution in [3.63, 3.8) is 0 Å². The van der Waals surface area contributed by atoms with Crippen LogP contribution in [0.4, 0.5) is 5.69 Å². The second kappa shape index (κ2) is 10.2. The first-order valence-corrected chi connectivity index (χ1v) is 11.2. The molecule has 0 radical (unpaired) electrons. The monoisotopic (exact) mass is 470 g/mol. The van der Waals surface area contributed by atoms with E-state index in [0.29, 0.717) is 24.7 Å². The van der Waals surface area contributed by atoms with Crippen molar-refractivity contribution in [2.75, 3.05) is 52.4 Å². The Labute approximate surface area is 185 Å². The third-order valence-corrected chi connectivity index (χ3v) is 6.77.